The zero-order chi connectivity index (χ0) is 25.6. The standard InChI is InChI=1S/C22H37N5O6S2/c1-5-8-27(3)12-13(11-23-21(30)32-4)10-15-20(27)35-19(24-15)17(29)25-18-14(7-9-34-18)16(28)26-22(31)33-6-2/h13-15,18-20,24H,5-12H2,1-4H3,(H2-,23,25,26,28,29,30,31)/p+1. The number of methoxy groups -OCH3 is 1. The van der Waals surface area contributed by atoms with Crippen LogP contribution < -0.4 is 21.3 Å². The van der Waals surface area contributed by atoms with Gasteiger partial charge in [0.2, 0.25) is 11.8 Å². The number of imide groups is 1. The molecule has 13 heteroatoms. The van der Waals surface area contributed by atoms with E-state index >= 15 is 0 Å². The molecule has 4 amide bonds. The predicted molar refractivity (Wildman–Crippen MR) is 134 cm³/mol. The number of amides is 4. The number of quaternary nitrogens is 1. The maximum atomic E-state index is 13.2. The number of alkyl carbamates (subject to hydrolysis) is 2. The summed E-state index contributed by atoms with van der Waals surface area (Å²) in [7, 11) is 3.58. The maximum absolute atomic E-state index is 13.2. The van der Waals surface area contributed by atoms with Crippen LogP contribution in [0.5, 0.6) is 0 Å². The van der Waals surface area contributed by atoms with Crippen LogP contribution in [0.3, 0.4) is 0 Å². The van der Waals surface area contributed by atoms with Crippen molar-refractivity contribution in [3.8, 4) is 0 Å². The molecule has 0 aliphatic carbocycles. The Morgan fingerprint density at radius 3 is 2.60 bits per heavy atom. The molecule has 4 N–H and O–H groups in total. The topological polar surface area (TPSA) is 135 Å². The van der Waals surface area contributed by atoms with Crippen LogP contribution in [0.25, 0.3) is 0 Å². The SMILES string of the molecule is CCC[N+]1(C)CC(CNC(=O)OC)CC2NC(C(=O)NC3SCCC3C(=O)NC(=O)OCC)SC21. The van der Waals surface area contributed by atoms with Crippen LogP contribution in [0.4, 0.5) is 9.59 Å². The van der Waals surface area contributed by atoms with Gasteiger partial charge in [0.25, 0.3) is 0 Å². The Kier molecular flexibility index (Phi) is 9.96. The second kappa shape index (κ2) is 12.5. The molecule has 3 aliphatic heterocycles. The Morgan fingerprint density at radius 1 is 1.14 bits per heavy atom. The van der Waals surface area contributed by atoms with Crippen LogP contribution in [0.15, 0.2) is 0 Å². The number of nitrogens with one attached hydrogen (secondary N) is 4. The molecule has 0 aromatic rings. The number of carbonyl (C=O) groups is 4. The number of rotatable bonds is 8. The Hall–Kier alpha value is -1.70. The van der Waals surface area contributed by atoms with Gasteiger partial charge in [-0.15, -0.1) is 11.8 Å². The Balaban J connectivity index is 1.61. The first-order valence-corrected chi connectivity index (χ1v) is 14.2. The van der Waals surface area contributed by atoms with E-state index in [0.717, 1.165) is 36.2 Å². The lowest BCUT2D eigenvalue weighted by Gasteiger charge is -2.48. The van der Waals surface area contributed by atoms with Crippen LogP contribution in [0.2, 0.25) is 0 Å². The number of hydrogen-bond acceptors (Lipinski definition) is 9. The van der Waals surface area contributed by atoms with Gasteiger partial charge < -0.3 is 24.6 Å². The van der Waals surface area contributed by atoms with Gasteiger partial charge in [-0.1, -0.05) is 18.7 Å². The van der Waals surface area contributed by atoms with Gasteiger partial charge in [-0.3, -0.25) is 20.2 Å². The number of thioether (sulfide) groups is 2. The maximum Gasteiger partial charge on any atom is 0.413 e. The third-order valence-electron chi connectivity index (χ3n) is 6.77. The molecule has 35 heavy (non-hydrogen) atoms. The summed E-state index contributed by atoms with van der Waals surface area (Å²) in [6.45, 7) is 6.44. The number of hydrogen-bond donors (Lipinski definition) is 4. The number of piperidine rings is 1. The summed E-state index contributed by atoms with van der Waals surface area (Å²) in [5.74, 6) is -0.0689. The number of carbonyl (C=O) groups excluding carboxylic acids is 4. The highest BCUT2D eigenvalue weighted by Crippen LogP contribution is 2.41. The van der Waals surface area contributed by atoms with Crippen LogP contribution in [-0.2, 0) is 19.1 Å². The lowest BCUT2D eigenvalue weighted by Crippen LogP contribution is -2.63. The van der Waals surface area contributed by atoms with Crippen LogP contribution in [0.1, 0.15) is 33.1 Å². The highest BCUT2D eigenvalue weighted by molar-refractivity contribution is 8.01. The van der Waals surface area contributed by atoms with Crippen molar-refractivity contribution in [2.45, 2.75) is 55.3 Å². The van der Waals surface area contributed by atoms with Crippen molar-refractivity contribution in [1.82, 2.24) is 21.3 Å². The molecule has 0 spiro atoms. The average molecular weight is 533 g/mol. The summed E-state index contributed by atoms with van der Waals surface area (Å²) in [6.07, 6.45) is 1.26. The van der Waals surface area contributed by atoms with E-state index in [-0.39, 0.29) is 29.8 Å². The number of fused-ring (bicyclic) bond motifs is 1. The molecular formula is C22H38N5O6S2+. The fraction of sp³-hybridized carbons (Fsp3) is 0.818. The van der Waals surface area contributed by atoms with Gasteiger partial charge in [0.15, 0.2) is 5.37 Å². The van der Waals surface area contributed by atoms with Crippen molar-refractivity contribution in [2.24, 2.45) is 11.8 Å². The first-order valence-electron chi connectivity index (χ1n) is 12.2. The Bertz CT molecular complexity index is 804. The van der Waals surface area contributed by atoms with Crippen LogP contribution in [0, 0.1) is 11.8 Å². The number of nitrogens with zero attached hydrogens (tertiary/aromatic N) is 1. The lowest BCUT2D eigenvalue weighted by molar-refractivity contribution is -0.927. The molecular weight excluding hydrogens is 494 g/mol. The third kappa shape index (κ3) is 6.95. The summed E-state index contributed by atoms with van der Waals surface area (Å²) in [4.78, 5) is 49.0. The highest BCUT2D eigenvalue weighted by atomic mass is 32.2. The zero-order valence-electron chi connectivity index (χ0n) is 20.8. The highest BCUT2D eigenvalue weighted by Gasteiger charge is 2.53. The van der Waals surface area contributed by atoms with Gasteiger partial charge >= 0.3 is 12.2 Å². The lowest BCUT2D eigenvalue weighted by atomic mass is 9.91. The van der Waals surface area contributed by atoms with Gasteiger partial charge in [0.1, 0.15) is 5.37 Å². The summed E-state index contributed by atoms with van der Waals surface area (Å²) in [5.41, 5.74) is 0. The van der Waals surface area contributed by atoms with Crippen molar-refractivity contribution in [3.63, 3.8) is 0 Å². The minimum Gasteiger partial charge on any atom is -0.453 e. The number of ether oxygens (including phenoxy) is 2. The number of likely N-dealkylation sites (N-methyl/N-ethyl adjacent to an activating group) is 1. The normalized spacial score (nSPS) is 33.9. The summed E-state index contributed by atoms with van der Waals surface area (Å²) in [5, 5.41) is 11.0. The van der Waals surface area contributed by atoms with E-state index in [2.05, 4.69) is 35.2 Å². The van der Waals surface area contributed by atoms with E-state index in [4.69, 9.17) is 9.47 Å². The fourth-order valence-corrected chi connectivity index (χ4v) is 8.26. The predicted octanol–water partition coefficient (Wildman–Crippen LogP) is 1.04. The van der Waals surface area contributed by atoms with Crippen molar-refractivity contribution >= 4 is 47.5 Å². The minimum absolute atomic E-state index is 0.129. The monoisotopic (exact) mass is 532 g/mol. The average Bonchev–Trinajstić information content (AvgIpc) is 3.45. The van der Waals surface area contributed by atoms with Gasteiger partial charge in [0.05, 0.1) is 51.2 Å². The zero-order valence-corrected chi connectivity index (χ0v) is 22.5. The molecule has 3 fully saturated rings. The van der Waals surface area contributed by atoms with E-state index in [1.165, 1.54) is 18.9 Å². The smallest absolute Gasteiger partial charge is 0.413 e. The quantitative estimate of drug-likeness (QED) is 0.338. The van der Waals surface area contributed by atoms with E-state index in [9.17, 15) is 19.2 Å². The van der Waals surface area contributed by atoms with Crippen molar-refractivity contribution in [3.05, 3.63) is 0 Å². The van der Waals surface area contributed by atoms with Gasteiger partial charge in [0, 0.05) is 12.5 Å². The molecule has 0 bridgehead atoms. The fourth-order valence-electron chi connectivity index (χ4n) is 5.33. The first kappa shape index (κ1) is 27.9. The molecule has 3 aliphatic rings. The minimum atomic E-state index is -0.763. The number of likely N-dealkylation sites (tertiary alicyclic amines) is 1. The molecule has 0 aromatic carbocycles. The molecule has 3 rings (SSSR count). The van der Waals surface area contributed by atoms with Crippen molar-refractivity contribution < 1.29 is 33.1 Å². The van der Waals surface area contributed by atoms with E-state index in [0.29, 0.717) is 13.0 Å². The summed E-state index contributed by atoms with van der Waals surface area (Å²) in [6, 6.07) is 0.129. The third-order valence-corrected chi connectivity index (χ3v) is 9.78. The van der Waals surface area contributed by atoms with E-state index in [1.54, 1.807) is 18.7 Å². The largest absolute Gasteiger partial charge is 0.453 e. The van der Waals surface area contributed by atoms with Gasteiger partial charge in [-0.25, -0.2) is 9.59 Å². The van der Waals surface area contributed by atoms with Crippen molar-refractivity contribution in [2.75, 3.05) is 46.2 Å². The molecule has 0 radical (unpaired) electrons. The first-order chi connectivity index (χ1) is 16.7. The Labute approximate surface area is 215 Å². The van der Waals surface area contributed by atoms with Crippen LogP contribution in [-0.4, -0.2) is 96.8 Å². The molecule has 0 saturated carbocycles. The second-order valence-electron chi connectivity index (χ2n) is 9.44. The molecule has 7 atom stereocenters. The van der Waals surface area contributed by atoms with Gasteiger partial charge in [-0.2, -0.15) is 0 Å². The van der Waals surface area contributed by atoms with E-state index < -0.39 is 34.8 Å². The molecule has 3 saturated heterocycles. The molecule has 0 aromatic heterocycles. The van der Waals surface area contributed by atoms with Gasteiger partial charge in [-0.05, 0) is 31.9 Å². The second-order valence-corrected chi connectivity index (χ2v) is 11.9. The summed E-state index contributed by atoms with van der Waals surface area (Å²) < 4.78 is 10.3. The molecule has 3 heterocycles. The Morgan fingerprint density at radius 2 is 1.91 bits per heavy atom. The van der Waals surface area contributed by atoms with Crippen molar-refractivity contribution in [1.29, 1.82) is 0 Å². The van der Waals surface area contributed by atoms with E-state index in [1.807, 2.05) is 0 Å². The molecule has 198 valence electrons. The molecule has 11 nitrogen and oxygen atoms in total. The van der Waals surface area contributed by atoms with Crippen LogP contribution >= 0.6 is 23.5 Å². The summed E-state index contributed by atoms with van der Waals surface area (Å²) >= 11 is 3.16. The molecule has 7 unspecified atom stereocenters.